The molecule has 16 N–H and O–H groups in total. The van der Waals surface area contributed by atoms with Crippen molar-refractivity contribution in [3.63, 3.8) is 0 Å². The molecule has 0 spiro atoms. The number of carbonyl (C=O) groups excluding carboxylic acids is 4. The lowest BCUT2D eigenvalue weighted by Crippen LogP contribution is -2.55. The van der Waals surface area contributed by atoms with E-state index in [1.165, 1.54) is 65.5 Å². The van der Waals surface area contributed by atoms with Crippen LogP contribution in [0.5, 0.6) is 0 Å². The van der Waals surface area contributed by atoms with Crippen LogP contribution in [0.4, 0.5) is 83.0 Å². The minimum absolute atomic E-state index is 0.000941. The van der Waals surface area contributed by atoms with Crippen LogP contribution in [0.15, 0.2) is 171 Å². The molecule has 8 aromatic heterocycles. The number of nitrogens with one attached hydrogen (secondary N) is 8. The number of methoxy groups -OCH3 is 1. The molecule has 11 atom stereocenters. The number of benzene rings is 4. The molecule has 0 radical (unpaired) electrons. The number of aromatic nitrogens is 20. The van der Waals surface area contributed by atoms with Crippen molar-refractivity contribution in [2.75, 3.05) is 49.6 Å². The summed E-state index contributed by atoms with van der Waals surface area (Å²) in [5.41, 5.74) is 31.8. The SMILES string of the molecule is CC(=O)c1cnc(N[C@@H]2CCCC(C)[C@@H]2N)nc1Nc1cccc(-n2nccn2)c1.CC(=O)c1cnc(N[C@@H]2CCCC(F)(F)[C@@H]2N)nc1Nc1cccc(-n2nccn2)c1.CC(=O)c1cnc(N[C@@H]2CCCC(F)[C@@H]2N)nc1Nc1cccc(-n2nccn2)c1.COC1CCC[C@@H](Nc2ncc(C(C)=O)c(Nc3cccc(-n4nccn4)c3)n2)[C@H]1N. The number of rotatable bonds is 25. The Morgan fingerprint density at radius 1 is 0.402 bits per heavy atom. The number of alkyl halides is 3. The first-order chi connectivity index (χ1) is 58.9. The first-order valence-electron chi connectivity index (χ1n) is 40.0. The molecule has 4 aliphatic carbocycles. The fraction of sp³-hybridized carbons (Fsp3) is 0.366. The summed E-state index contributed by atoms with van der Waals surface area (Å²) in [5.74, 6) is -0.392. The maximum absolute atomic E-state index is 14.0. The van der Waals surface area contributed by atoms with E-state index >= 15 is 0 Å². The van der Waals surface area contributed by atoms with E-state index in [4.69, 9.17) is 27.7 Å². The van der Waals surface area contributed by atoms with Crippen molar-refractivity contribution in [2.45, 2.75) is 178 Å². The zero-order valence-electron chi connectivity index (χ0n) is 67.9. The minimum atomic E-state index is -2.95. The number of carbonyl (C=O) groups is 4. The zero-order valence-corrected chi connectivity index (χ0v) is 67.9. The Bertz CT molecular complexity index is 5330. The van der Waals surface area contributed by atoms with Crippen molar-refractivity contribution in [2.24, 2.45) is 28.9 Å². The van der Waals surface area contributed by atoms with Crippen molar-refractivity contribution in [3.05, 3.63) is 194 Å². The first kappa shape index (κ1) is 86.3. The molecule has 12 aromatic rings. The second-order valence-electron chi connectivity index (χ2n) is 30.0. The van der Waals surface area contributed by atoms with E-state index in [0.29, 0.717) is 94.2 Å². The zero-order chi connectivity index (χ0) is 86.0. The lowest BCUT2D eigenvalue weighted by Gasteiger charge is -2.35. The molecule has 4 aliphatic rings. The molecule has 40 heteroatoms. The Hall–Kier alpha value is -13.6. The summed E-state index contributed by atoms with van der Waals surface area (Å²) in [6.07, 6.45) is 26.3. The number of hydrogen-bond donors (Lipinski definition) is 12. The third-order valence-electron chi connectivity index (χ3n) is 21.3. The Morgan fingerprint density at radius 3 is 1.02 bits per heavy atom. The maximum Gasteiger partial charge on any atom is 0.264 e. The molecule has 122 heavy (non-hydrogen) atoms. The van der Waals surface area contributed by atoms with Crippen molar-refractivity contribution < 1.29 is 37.1 Å². The lowest BCUT2D eigenvalue weighted by atomic mass is 9.83. The van der Waals surface area contributed by atoms with Crippen LogP contribution in [0.25, 0.3) is 22.7 Å². The van der Waals surface area contributed by atoms with E-state index in [0.717, 1.165) is 79.8 Å². The Kier molecular flexibility index (Phi) is 28.3. The number of ether oxygens (including phenoxy) is 1. The van der Waals surface area contributed by atoms with Crippen LogP contribution < -0.4 is 65.5 Å². The number of Topliss-reactive ketones (excluding diaryl/α,β-unsaturated/α-hetero) is 4. The summed E-state index contributed by atoms with van der Waals surface area (Å²) in [6, 6.07) is 26.8. The Morgan fingerprint density at radius 2 is 0.697 bits per heavy atom. The highest BCUT2D eigenvalue weighted by Gasteiger charge is 2.45. The Balaban J connectivity index is 0.000000140. The molecule has 16 rings (SSSR count). The molecular weight excluding hydrogens is 1570 g/mol. The van der Waals surface area contributed by atoms with Crippen molar-refractivity contribution in [1.29, 1.82) is 0 Å². The van der Waals surface area contributed by atoms with Gasteiger partial charge in [0.15, 0.2) is 23.1 Å². The van der Waals surface area contributed by atoms with Gasteiger partial charge < -0.3 is 70.2 Å². The van der Waals surface area contributed by atoms with E-state index in [9.17, 15) is 32.3 Å². The topological polar surface area (TPSA) is 504 Å². The number of nitrogens with zero attached hydrogens (tertiary/aromatic N) is 20. The molecular formula is C82H97F3N32O5. The molecule has 4 fully saturated rings. The van der Waals surface area contributed by atoms with Gasteiger partial charge in [-0.3, -0.25) is 19.2 Å². The van der Waals surface area contributed by atoms with E-state index in [-0.39, 0.29) is 83.2 Å². The quantitative estimate of drug-likeness (QED) is 0.0236. The molecule has 0 saturated heterocycles. The summed E-state index contributed by atoms with van der Waals surface area (Å²) in [6.45, 7) is 8.01. The summed E-state index contributed by atoms with van der Waals surface area (Å²) in [4.78, 5) is 89.4. The van der Waals surface area contributed by atoms with Gasteiger partial charge in [-0.05, 0) is 171 Å². The smallest absolute Gasteiger partial charge is 0.264 e. The number of anilines is 12. The monoisotopic (exact) mass is 1670 g/mol. The standard InChI is InChI=1S/C21H26N8O2.C21H26N8O.C20H22F2N8O.C20H23FN8O/c1-13(30)16-12-23-21(27-17-7-4-8-18(31-2)19(17)22)28-20(16)26-14-5-3-6-15(11-14)29-24-9-10-25-29;1-13-5-3-8-18(19(13)22)27-21-23-12-17(14(2)30)20(28-21)26-15-6-4-7-16(11-15)29-24-9-10-25-29;1-12(31)15-11-24-19(28-16-6-3-7-20(21,22)17(16)23)29-18(15)27-13-4-2-5-14(10-13)30-25-8-9-26-30;1-12(30)15-11-23-20(27-17-7-3-6-16(21)18(17)22)28-19(15)26-13-4-2-5-14(10-13)29-24-8-9-25-29/h3,5-6,9-12,17-19H,4,7-8,22H2,1-2H3,(H2,23,26,27,28);4,6-7,9-13,18-19H,3,5,8,22H2,1-2H3,(H2,23,26,27,28);2,4-5,8-11,16-17H,3,6-7,23H2,1H3,(H2,24,27,28,29);2,4-5,8-11,16-18H,3,6-7,22H2,1H3,(H2,23,26,27,28)/t17-,18?,19-;13?,18-,19+;16-,17-;16?,17-,18+/m1111/s1. The van der Waals surface area contributed by atoms with Gasteiger partial charge >= 0.3 is 0 Å². The molecule has 0 amide bonds. The van der Waals surface area contributed by atoms with Crippen LogP contribution in [-0.2, 0) is 4.74 Å². The van der Waals surface area contributed by atoms with Crippen LogP contribution in [0.3, 0.4) is 0 Å². The molecule has 4 saturated carbocycles. The molecule has 8 heterocycles. The van der Waals surface area contributed by atoms with Crippen LogP contribution in [-0.4, -0.2) is 197 Å². The normalized spacial score (nSPS) is 20.9. The highest BCUT2D eigenvalue weighted by Crippen LogP contribution is 2.36. The van der Waals surface area contributed by atoms with Gasteiger partial charge in [0.1, 0.15) is 29.4 Å². The van der Waals surface area contributed by atoms with Crippen molar-refractivity contribution in [1.82, 2.24) is 99.8 Å². The molecule has 3 unspecified atom stereocenters. The Labute approximate surface area is 699 Å². The molecule has 636 valence electrons. The predicted molar refractivity (Wildman–Crippen MR) is 453 cm³/mol. The molecule has 0 bridgehead atoms. The second kappa shape index (κ2) is 40.0. The van der Waals surface area contributed by atoms with Crippen molar-refractivity contribution >= 4 is 92.9 Å². The van der Waals surface area contributed by atoms with Crippen LogP contribution >= 0.6 is 0 Å². The highest BCUT2D eigenvalue weighted by molar-refractivity contribution is 6.01. The summed E-state index contributed by atoms with van der Waals surface area (Å²) in [7, 11) is 1.68. The van der Waals surface area contributed by atoms with Crippen LogP contribution in [0, 0.1) is 5.92 Å². The third-order valence-corrected chi connectivity index (χ3v) is 21.3. The molecule has 0 aliphatic heterocycles. The van der Waals surface area contributed by atoms with Gasteiger partial charge in [-0.15, -0.1) is 0 Å². The van der Waals surface area contributed by atoms with Gasteiger partial charge in [-0.25, -0.2) is 33.1 Å². The maximum atomic E-state index is 14.0. The van der Waals surface area contributed by atoms with Crippen LogP contribution in [0.1, 0.15) is 153 Å². The molecule has 37 nitrogen and oxygen atoms in total. The third kappa shape index (κ3) is 22.1. The average Bonchev–Trinajstić information content (AvgIpc) is 0.872. The van der Waals surface area contributed by atoms with Gasteiger partial charge in [0, 0.05) is 85.2 Å². The minimum Gasteiger partial charge on any atom is -0.380 e. The number of nitrogens with two attached hydrogens (primary N) is 4. The number of hydrogen-bond acceptors (Lipinski definition) is 33. The van der Waals surface area contributed by atoms with E-state index < -0.39 is 30.2 Å². The van der Waals surface area contributed by atoms with Gasteiger partial charge in [0.2, 0.25) is 23.8 Å². The number of halogens is 3. The summed E-state index contributed by atoms with van der Waals surface area (Å²) >= 11 is 0. The first-order valence-corrected chi connectivity index (χ1v) is 40.0. The van der Waals surface area contributed by atoms with Crippen LogP contribution in [0.2, 0.25) is 0 Å². The number of ketones is 4. The summed E-state index contributed by atoms with van der Waals surface area (Å²) < 4.78 is 47.4. The molecule has 4 aromatic carbocycles. The van der Waals surface area contributed by atoms with E-state index in [1.54, 1.807) is 81.1 Å². The summed E-state index contributed by atoms with van der Waals surface area (Å²) in [5, 5.41) is 58.5. The second-order valence-corrected chi connectivity index (χ2v) is 30.0. The van der Waals surface area contributed by atoms with Crippen molar-refractivity contribution in [3.8, 4) is 22.7 Å². The van der Waals surface area contributed by atoms with Gasteiger partial charge in [0.05, 0.1) is 125 Å². The van der Waals surface area contributed by atoms with Gasteiger partial charge in [-0.2, -0.15) is 79.9 Å². The fourth-order valence-corrected chi connectivity index (χ4v) is 14.6. The average molecular weight is 1670 g/mol. The van der Waals surface area contributed by atoms with Gasteiger partial charge in [-0.1, -0.05) is 37.6 Å². The van der Waals surface area contributed by atoms with Gasteiger partial charge in [0.25, 0.3) is 5.92 Å². The van der Waals surface area contributed by atoms with E-state index in [1.807, 2.05) is 78.9 Å². The predicted octanol–water partition coefficient (Wildman–Crippen LogP) is 10.8. The van der Waals surface area contributed by atoms with E-state index in [2.05, 4.69) is 130 Å². The largest absolute Gasteiger partial charge is 0.380 e. The lowest BCUT2D eigenvalue weighted by molar-refractivity contribution is -0.0555. The highest BCUT2D eigenvalue weighted by atomic mass is 19.3. The fourth-order valence-electron chi connectivity index (χ4n) is 14.6.